The number of fused-ring (bicyclic) bond motifs is 1. The molecule has 1 unspecified atom stereocenters. The zero-order valence-corrected chi connectivity index (χ0v) is 11.4. The molecule has 0 aromatic rings. The van der Waals surface area contributed by atoms with Gasteiger partial charge < -0.3 is 31.7 Å². The Hall–Kier alpha value is -1.52. The number of ether oxygens (including phenoxy) is 1. The van der Waals surface area contributed by atoms with E-state index in [9.17, 15) is 10.2 Å². The first-order chi connectivity index (χ1) is 10.1. The van der Waals surface area contributed by atoms with Gasteiger partial charge in [0.1, 0.15) is 18.9 Å². The van der Waals surface area contributed by atoms with Crippen LogP contribution < -0.4 is 16.8 Å². The quantitative estimate of drug-likeness (QED) is 0.410. The lowest BCUT2D eigenvalue weighted by Crippen LogP contribution is -2.62. The molecule has 1 saturated carbocycles. The molecule has 0 bridgehead atoms. The van der Waals surface area contributed by atoms with Gasteiger partial charge in [-0.05, 0) is 24.8 Å². The average molecular weight is 296 g/mol. The number of allylic oxidation sites excluding steroid dienone is 2. The Morgan fingerprint density at radius 1 is 1.33 bits per heavy atom. The highest BCUT2D eigenvalue weighted by Gasteiger charge is 2.41. The molecule has 0 aromatic carbocycles. The third-order valence-corrected chi connectivity index (χ3v) is 3.95. The van der Waals surface area contributed by atoms with Crippen molar-refractivity contribution in [3.8, 4) is 0 Å². The van der Waals surface area contributed by atoms with Crippen LogP contribution in [0.2, 0.25) is 0 Å². The molecule has 2 aliphatic heterocycles. The number of aliphatic hydroxyl groups is 2. The molecule has 0 amide bonds. The maximum atomic E-state index is 10.0. The summed E-state index contributed by atoms with van der Waals surface area (Å²) in [6.45, 7) is 0.0960. The fraction of sp³-hybridized carbons (Fsp3) is 0.667. The van der Waals surface area contributed by atoms with Crippen molar-refractivity contribution in [2.24, 2.45) is 21.8 Å². The van der Waals surface area contributed by atoms with E-state index in [4.69, 9.17) is 16.2 Å². The second kappa shape index (κ2) is 5.70. The summed E-state index contributed by atoms with van der Waals surface area (Å²) in [5.74, 6) is 0. The van der Waals surface area contributed by atoms with Crippen LogP contribution in [0, 0.1) is 0 Å². The Morgan fingerprint density at radius 3 is 2.95 bits per heavy atom. The Balaban J connectivity index is 1.61. The lowest BCUT2D eigenvalue weighted by molar-refractivity contribution is -0.142. The minimum absolute atomic E-state index is 0.0960. The lowest BCUT2D eigenvalue weighted by Gasteiger charge is -2.40. The van der Waals surface area contributed by atoms with Crippen molar-refractivity contribution in [2.75, 3.05) is 6.73 Å². The largest absolute Gasteiger partial charge is 0.389 e. The van der Waals surface area contributed by atoms with Crippen LogP contribution in [0.5, 0.6) is 0 Å². The first-order valence-electron chi connectivity index (χ1n) is 6.88. The standard InChI is InChI=1S/C12H20N6O3/c13-6-4-7(14)11(10(20)9(6)19)21-5-18-8-2-1-3-15-12(8)16-17-18/h1-3,6-7,9-12,15,19-20H,4-5,13-14H2/t6-,7+,9+,10-,11-,12?/m0/s1. The number of aliphatic hydroxyl groups excluding tert-OH is 2. The van der Waals surface area contributed by atoms with Crippen LogP contribution in [0.4, 0.5) is 0 Å². The molecule has 0 radical (unpaired) electrons. The molecule has 116 valence electrons. The van der Waals surface area contributed by atoms with Gasteiger partial charge in [0.2, 0.25) is 0 Å². The topological polar surface area (TPSA) is 142 Å². The van der Waals surface area contributed by atoms with Crippen LogP contribution in [0.25, 0.3) is 0 Å². The molecule has 3 rings (SSSR count). The van der Waals surface area contributed by atoms with E-state index in [0.717, 1.165) is 5.70 Å². The zero-order chi connectivity index (χ0) is 15.0. The van der Waals surface area contributed by atoms with Crippen molar-refractivity contribution in [3.63, 3.8) is 0 Å². The highest BCUT2D eigenvalue weighted by molar-refractivity contribution is 5.22. The second-order valence-corrected chi connectivity index (χ2v) is 5.43. The Morgan fingerprint density at radius 2 is 2.14 bits per heavy atom. The fourth-order valence-corrected chi connectivity index (χ4v) is 2.72. The summed E-state index contributed by atoms with van der Waals surface area (Å²) in [6.07, 6.45) is 2.85. The van der Waals surface area contributed by atoms with Crippen LogP contribution in [0.1, 0.15) is 6.42 Å². The van der Waals surface area contributed by atoms with E-state index in [1.165, 1.54) is 0 Å². The normalized spacial score (nSPS) is 41.7. The van der Waals surface area contributed by atoms with Crippen LogP contribution >= 0.6 is 0 Å². The maximum absolute atomic E-state index is 10.0. The van der Waals surface area contributed by atoms with Gasteiger partial charge in [0.05, 0.1) is 11.8 Å². The van der Waals surface area contributed by atoms with Gasteiger partial charge >= 0.3 is 0 Å². The van der Waals surface area contributed by atoms with Crippen molar-refractivity contribution >= 4 is 0 Å². The van der Waals surface area contributed by atoms with Crippen molar-refractivity contribution in [3.05, 3.63) is 24.0 Å². The van der Waals surface area contributed by atoms with E-state index in [1.54, 1.807) is 11.2 Å². The van der Waals surface area contributed by atoms with Crippen molar-refractivity contribution in [1.82, 2.24) is 10.3 Å². The number of rotatable bonds is 3. The van der Waals surface area contributed by atoms with Crippen LogP contribution in [-0.2, 0) is 4.74 Å². The third kappa shape index (κ3) is 2.65. The molecule has 9 nitrogen and oxygen atoms in total. The fourth-order valence-electron chi connectivity index (χ4n) is 2.72. The van der Waals surface area contributed by atoms with Gasteiger partial charge in [-0.15, -0.1) is 5.11 Å². The molecular weight excluding hydrogens is 276 g/mol. The molecule has 0 saturated heterocycles. The summed E-state index contributed by atoms with van der Waals surface area (Å²) in [5.41, 5.74) is 12.5. The van der Waals surface area contributed by atoms with Gasteiger partial charge in [0, 0.05) is 12.1 Å². The van der Waals surface area contributed by atoms with Crippen molar-refractivity contribution < 1.29 is 14.9 Å². The van der Waals surface area contributed by atoms with E-state index in [-0.39, 0.29) is 12.9 Å². The van der Waals surface area contributed by atoms with Crippen LogP contribution in [0.3, 0.4) is 0 Å². The summed E-state index contributed by atoms with van der Waals surface area (Å²) in [7, 11) is 0. The van der Waals surface area contributed by atoms with Crippen LogP contribution in [0.15, 0.2) is 34.4 Å². The highest BCUT2D eigenvalue weighted by atomic mass is 16.5. The number of hydrogen-bond donors (Lipinski definition) is 5. The van der Waals surface area contributed by atoms with Gasteiger partial charge in [-0.2, -0.15) is 0 Å². The van der Waals surface area contributed by atoms with Gasteiger partial charge in [0.25, 0.3) is 0 Å². The monoisotopic (exact) mass is 296 g/mol. The van der Waals surface area contributed by atoms with Gasteiger partial charge in [-0.1, -0.05) is 5.22 Å². The molecule has 2 heterocycles. The predicted octanol–water partition coefficient (Wildman–Crippen LogP) is -1.88. The molecule has 7 N–H and O–H groups in total. The minimum atomic E-state index is -1.11. The number of dihydropyridines is 1. The van der Waals surface area contributed by atoms with Gasteiger partial charge in [-0.25, -0.2) is 5.01 Å². The van der Waals surface area contributed by atoms with Crippen molar-refractivity contribution in [2.45, 2.75) is 43.0 Å². The van der Waals surface area contributed by atoms with E-state index >= 15 is 0 Å². The van der Waals surface area contributed by atoms with Crippen LogP contribution in [-0.4, -0.2) is 58.5 Å². The summed E-state index contributed by atoms with van der Waals surface area (Å²) < 4.78 is 5.65. The number of nitrogens with zero attached hydrogens (tertiary/aromatic N) is 3. The second-order valence-electron chi connectivity index (χ2n) is 5.43. The van der Waals surface area contributed by atoms with E-state index in [0.29, 0.717) is 6.42 Å². The highest BCUT2D eigenvalue weighted by Crippen LogP contribution is 2.25. The first kappa shape index (κ1) is 14.4. The molecule has 21 heavy (non-hydrogen) atoms. The lowest BCUT2D eigenvalue weighted by atomic mass is 9.85. The molecule has 9 heteroatoms. The number of nitrogens with two attached hydrogens (primary N) is 2. The summed E-state index contributed by atoms with van der Waals surface area (Å²) >= 11 is 0. The molecule has 0 aromatic heterocycles. The summed E-state index contributed by atoms with van der Waals surface area (Å²) in [6, 6.07) is -0.979. The van der Waals surface area contributed by atoms with E-state index in [2.05, 4.69) is 15.7 Å². The van der Waals surface area contributed by atoms with Gasteiger partial charge in [0.15, 0.2) is 6.17 Å². The first-order valence-corrected chi connectivity index (χ1v) is 6.88. The van der Waals surface area contributed by atoms with Gasteiger partial charge in [-0.3, -0.25) is 0 Å². The third-order valence-electron chi connectivity index (χ3n) is 3.95. The Labute approximate surface area is 121 Å². The molecule has 3 aliphatic rings. The molecule has 0 spiro atoms. The van der Waals surface area contributed by atoms with E-state index in [1.807, 2.05) is 12.2 Å². The summed E-state index contributed by atoms with van der Waals surface area (Å²) in [5, 5.41) is 32.5. The Bertz CT molecular complexity index is 482. The number of nitrogens with one attached hydrogen (secondary N) is 1. The molecule has 6 atom stereocenters. The molecule has 1 fully saturated rings. The Kier molecular flexibility index (Phi) is 3.91. The number of hydrogen-bond acceptors (Lipinski definition) is 9. The average Bonchev–Trinajstić information content (AvgIpc) is 2.88. The van der Waals surface area contributed by atoms with E-state index < -0.39 is 30.4 Å². The van der Waals surface area contributed by atoms with Crippen molar-refractivity contribution in [1.29, 1.82) is 0 Å². The maximum Gasteiger partial charge on any atom is 0.184 e. The predicted molar refractivity (Wildman–Crippen MR) is 73.2 cm³/mol. The minimum Gasteiger partial charge on any atom is -0.389 e. The molecule has 1 aliphatic carbocycles. The smallest absolute Gasteiger partial charge is 0.184 e. The summed E-state index contributed by atoms with van der Waals surface area (Å²) in [4.78, 5) is 0. The molecular formula is C12H20N6O3. The SMILES string of the molecule is N[C@@H]1C[C@H](N)[C@@H](O)[C@H](O)[C@H]1OCN1N=NC2NC=CC=C21. The zero-order valence-electron chi connectivity index (χ0n) is 11.4.